The Balaban J connectivity index is 3.96. The van der Waals surface area contributed by atoms with E-state index < -0.39 is 5.41 Å². The summed E-state index contributed by atoms with van der Waals surface area (Å²) in [5.41, 5.74) is -0.434. The first kappa shape index (κ1) is 9.76. The quantitative estimate of drug-likeness (QED) is 0.470. The van der Waals surface area contributed by atoms with Crippen molar-refractivity contribution in [3.63, 3.8) is 0 Å². The third-order valence-corrected chi connectivity index (χ3v) is 1.65. The number of alkyl halides is 1. The Bertz CT molecular complexity index is 121. The number of rotatable bonds is 3. The molecule has 0 rings (SSSR count). The van der Waals surface area contributed by atoms with Gasteiger partial charge in [-0.1, -0.05) is 0 Å². The highest BCUT2D eigenvalue weighted by Gasteiger charge is 2.27. The molecule has 0 N–H and O–H groups in total. The molecule has 0 aliphatic heterocycles. The lowest BCUT2D eigenvalue weighted by Gasteiger charge is -2.19. The summed E-state index contributed by atoms with van der Waals surface area (Å²) in [6, 6.07) is 0. The molecule has 2 nitrogen and oxygen atoms in total. The van der Waals surface area contributed by atoms with E-state index in [4.69, 9.17) is 11.6 Å². The summed E-state index contributed by atoms with van der Waals surface area (Å²) in [6.45, 7) is 3.64. The van der Waals surface area contributed by atoms with Crippen LogP contribution >= 0.6 is 11.6 Å². The number of esters is 1. The van der Waals surface area contributed by atoms with Gasteiger partial charge in [-0.2, -0.15) is 0 Å². The summed E-state index contributed by atoms with van der Waals surface area (Å²) in [5.74, 6) is 0.287. The molecule has 3 heteroatoms. The number of ether oxygens (including phenoxy) is 1. The number of carbonyl (C=O) groups excluding carboxylic acids is 1. The molecule has 10 heavy (non-hydrogen) atoms. The Kier molecular flexibility index (Phi) is 3.72. The fourth-order valence-corrected chi connectivity index (χ4v) is 1.09. The van der Waals surface area contributed by atoms with Gasteiger partial charge in [-0.05, 0) is 20.3 Å². The van der Waals surface area contributed by atoms with Crippen LogP contribution in [-0.2, 0) is 9.53 Å². The zero-order valence-electron chi connectivity index (χ0n) is 6.61. The Morgan fingerprint density at radius 1 is 1.60 bits per heavy atom. The molecule has 0 amide bonds. The Labute approximate surface area is 66.5 Å². The maximum atomic E-state index is 10.9. The van der Waals surface area contributed by atoms with Crippen molar-refractivity contribution in [2.45, 2.75) is 20.3 Å². The Morgan fingerprint density at radius 2 is 2.10 bits per heavy atom. The molecule has 0 atom stereocenters. The molecule has 60 valence electrons. The van der Waals surface area contributed by atoms with Gasteiger partial charge in [-0.3, -0.25) is 4.79 Å². The second-order valence-corrected chi connectivity index (χ2v) is 3.19. The van der Waals surface area contributed by atoms with E-state index in [0.717, 1.165) is 0 Å². The van der Waals surface area contributed by atoms with Crippen LogP contribution in [0.25, 0.3) is 0 Å². The van der Waals surface area contributed by atoms with Crippen molar-refractivity contribution < 1.29 is 9.53 Å². The van der Waals surface area contributed by atoms with Crippen LogP contribution in [0, 0.1) is 5.41 Å². The molecule has 0 aromatic rings. The van der Waals surface area contributed by atoms with Crippen LogP contribution in [0.3, 0.4) is 0 Å². The molecule has 0 fully saturated rings. The fraction of sp³-hybridized carbons (Fsp3) is 0.857. The van der Waals surface area contributed by atoms with E-state index in [1.807, 2.05) is 13.8 Å². The van der Waals surface area contributed by atoms with Crippen LogP contribution in [-0.4, -0.2) is 19.0 Å². The zero-order chi connectivity index (χ0) is 8.20. The molecule has 0 heterocycles. The molecule has 0 aromatic carbocycles. The molecule has 0 saturated carbocycles. The molecule has 0 bridgehead atoms. The topological polar surface area (TPSA) is 26.3 Å². The Hall–Kier alpha value is -0.240. The van der Waals surface area contributed by atoms with Crippen molar-refractivity contribution in [2.24, 2.45) is 5.41 Å². The second kappa shape index (κ2) is 3.81. The third kappa shape index (κ3) is 2.56. The zero-order valence-corrected chi connectivity index (χ0v) is 7.36. The number of halogens is 1. The molecule has 0 spiro atoms. The first-order chi connectivity index (χ1) is 4.54. The second-order valence-electron chi connectivity index (χ2n) is 2.81. The van der Waals surface area contributed by atoms with Gasteiger partial charge in [0.1, 0.15) is 0 Å². The maximum Gasteiger partial charge on any atom is 0.311 e. The molecule has 0 aliphatic rings. The highest BCUT2D eigenvalue weighted by Crippen LogP contribution is 2.21. The van der Waals surface area contributed by atoms with Crippen LogP contribution in [0.1, 0.15) is 20.3 Å². The van der Waals surface area contributed by atoms with Gasteiger partial charge in [0, 0.05) is 5.88 Å². The molecular formula is C7H13ClO2. The van der Waals surface area contributed by atoms with Crippen molar-refractivity contribution >= 4 is 17.6 Å². The third-order valence-electron chi connectivity index (χ3n) is 1.46. The van der Waals surface area contributed by atoms with Crippen LogP contribution in [0.5, 0.6) is 0 Å². The van der Waals surface area contributed by atoms with E-state index in [2.05, 4.69) is 4.74 Å². The van der Waals surface area contributed by atoms with Gasteiger partial charge in [0.25, 0.3) is 0 Å². The number of carbonyl (C=O) groups is 1. The van der Waals surface area contributed by atoms with Crippen LogP contribution in [0.2, 0.25) is 0 Å². The first-order valence-corrected chi connectivity index (χ1v) is 3.72. The van der Waals surface area contributed by atoms with E-state index in [-0.39, 0.29) is 5.97 Å². The average Bonchev–Trinajstić information content (AvgIpc) is 1.86. The molecule has 0 aliphatic carbocycles. The summed E-state index contributed by atoms with van der Waals surface area (Å²) in [7, 11) is 1.39. The molecule has 0 unspecified atom stereocenters. The van der Waals surface area contributed by atoms with Gasteiger partial charge in [0.2, 0.25) is 0 Å². The minimum Gasteiger partial charge on any atom is -0.469 e. The predicted molar refractivity (Wildman–Crippen MR) is 41.1 cm³/mol. The smallest absolute Gasteiger partial charge is 0.311 e. The van der Waals surface area contributed by atoms with Gasteiger partial charge in [0.15, 0.2) is 0 Å². The van der Waals surface area contributed by atoms with Crippen LogP contribution in [0.4, 0.5) is 0 Å². The SMILES string of the molecule is COC(=O)C(C)(C)CCCl. The van der Waals surface area contributed by atoms with Crippen LogP contribution in [0.15, 0.2) is 0 Å². The molecule has 0 aromatic heterocycles. The first-order valence-electron chi connectivity index (χ1n) is 3.19. The average molecular weight is 165 g/mol. The standard InChI is InChI=1S/C7H13ClO2/c1-7(2,4-5-8)6(9)10-3/h4-5H2,1-3H3. The monoisotopic (exact) mass is 164 g/mol. The van der Waals surface area contributed by atoms with Gasteiger partial charge in [-0.25, -0.2) is 0 Å². The van der Waals surface area contributed by atoms with E-state index >= 15 is 0 Å². The van der Waals surface area contributed by atoms with Gasteiger partial charge in [-0.15, -0.1) is 11.6 Å². The summed E-state index contributed by atoms with van der Waals surface area (Å²) in [6.07, 6.45) is 0.654. The summed E-state index contributed by atoms with van der Waals surface area (Å²) in [4.78, 5) is 10.9. The normalized spacial score (nSPS) is 11.2. The van der Waals surface area contributed by atoms with Crippen molar-refractivity contribution in [1.82, 2.24) is 0 Å². The maximum absolute atomic E-state index is 10.9. The molecule has 0 saturated heterocycles. The van der Waals surface area contributed by atoms with Gasteiger partial charge >= 0.3 is 5.97 Å². The molecule has 0 radical (unpaired) electrons. The minimum absolute atomic E-state index is 0.201. The number of methoxy groups -OCH3 is 1. The summed E-state index contributed by atoms with van der Waals surface area (Å²) < 4.78 is 4.57. The largest absolute Gasteiger partial charge is 0.469 e. The van der Waals surface area contributed by atoms with E-state index in [1.54, 1.807) is 0 Å². The van der Waals surface area contributed by atoms with Crippen molar-refractivity contribution in [3.05, 3.63) is 0 Å². The lowest BCUT2D eigenvalue weighted by atomic mass is 9.91. The highest BCUT2D eigenvalue weighted by atomic mass is 35.5. The number of hydrogen-bond donors (Lipinski definition) is 0. The molecular weight excluding hydrogens is 152 g/mol. The summed E-state index contributed by atoms with van der Waals surface area (Å²) >= 11 is 5.48. The lowest BCUT2D eigenvalue weighted by Crippen LogP contribution is -2.25. The van der Waals surface area contributed by atoms with E-state index in [0.29, 0.717) is 12.3 Å². The minimum atomic E-state index is -0.434. The highest BCUT2D eigenvalue weighted by molar-refractivity contribution is 6.18. The van der Waals surface area contributed by atoms with Crippen molar-refractivity contribution in [1.29, 1.82) is 0 Å². The van der Waals surface area contributed by atoms with Crippen molar-refractivity contribution in [3.8, 4) is 0 Å². The van der Waals surface area contributed by atoms with Gasteiger partial charge < -0.3 is 4.74 Å². The Morgan fingerprint density at radius 3 is 2.40 bits per heavy atom. The lowest BCUT2D eigenvalue weighted by molar-refractivity contribution is -0.150. The van der Waals surface area contributed by atoms with E-state index in [9.17, 15) is 4.79 Å². The van der Waals surface area contributed by atoms with E-state index in [1.165, 1.54) is 7.11 Å². The summed E-state index contributed by atoms with van der Waals surface area (Å²) in [5, 5.41) is 0. The van der Waals surface area contributed by atoms with Gasteiger partial charge in [0.05, 0.1) is 12.5 Å². The van der Waals surface area contributed by atoms with Crippen molar-refractivity contribution in [2.75, 3.05) is 13.0 Å². The fourth-order valence-electron chi connectivity index (χ4n) is 0.615. The van der Waals surface area contributed by atoms with Crippen LogP contribution < -0.4 is 0 Å². The number of hydrogen-bond acceptors (Lipinski definition) is 2. The predicted octanol–water partition coefficient (Wildman–Crippen LogP) is 1.81.